The SMILES string of the molecule is O=[N+]([O-])c1c(F)cccc1NC1CCOC(c2ccccc2)C1. The Labute approximate surface area is 133 Å². The molecule has 0 bridgehead atoms. The van der Waals surface area contributed by atoms with Crippen LogP contribution in [0.25, 0.3) is 0 Å². The lowest BCUT2D eigenvalue weighted by atomic mass is 9.97. The summed E-state index contributed by atoms with van der Waals surface area (Å²) in [5.41, 5.74) is 0.789. The number of nitrogens with zero attached hydrogens (tertiary/aromatic N) is 1. The zero-order chi connectivity index (χ0) is 16.2. The second kappa shape index (κ2) is 6.75. The van der Waals surface area contributed by atoms with E-state index in [0.717, 1.165) is 18.1 Å². The normalized spacial score (nSPS) is 20.9. The van der Waals surface area contributed by atoms with Gasteiger partial charge in [0.15, 0.2) is 0 Å². The summed E-state index contributed by atoms with van der Waals surface area (Å²) in [5.74, 6) is -0.827. The van der Waals surface area contributed by atoms with E-state index in [1.807, 2.05) is 30.3 Å². The number of nitrogens with one attached hydrogen (secondary N) is 1. The zero-order valence-electron chi connectivity index (χ0n) is 12.4. The fraction of sp³-hybridized carbons (Fsp3) is 0.294. The monoisotopic (exact) mass is 316 g/mol. The average Bonchev–Trinajstić information content (AvgIpc) is 2.56. The van der Waals surface area contributed by atoms with Crippen molar-refractivity contribution in [3.63, 3.8) is 0 Å². The molecule has 2 unspecified atom stereocenters. The molecule has 5 nitrogen and oxygen atoms in total. The first-order chi connectivity index (χ1) is 11.1. The van der Waals surface area contributed by atoms with Crippen molar-refractivity contribution in [2.24, 2.45) is 0 Å². The standard InChI is InChI=1S/C17H17FN2O3/c18-14-7-4-8-15(17(14)20(21)22)19-13-9-10-23-16(11-13)12-5-2-1-3-6-12/h1-8,13,16,19H,9-11H2. The predicted octanol–water partition coefficient (Wildman–Crippen LogP) is 4.07. The van der Waals surface area contributed by atoms with E-state index >= 15 is 0 Å². The van der Waals surface area contributed by atoms with E-state index in [1.54, 1.807) is 0 Å². The molecule has 3 rings (SSSR count). The summed E-state index contributed by atoms with van der Waals surface area (Å²) in [5, 5.41) is 14.2. The van der Waals surface area contributed by atoms with Crippen molar-refractivity contribution in [3.8, 4) is 0 Å². The molecule has 0 radical (unpaired) electrons. The Balaban J connectivity index is 1.76. The van der Waals surface area contributed by atoms with Crippen LogP contribution in [0.15, 0.2) is 48.5 Å². The first kappa shape index (κ1) is 15.4. The molecule has 1 aliphatic rings. The topological polar surface area (TPSA) is 64.4 Å². The minimum atomic E-state index is -0.827. The molecule has 2 aromatic carbocycles. The second-order valence-corrected chi connectivity index (χ2v) is 5.53. The van der Waals surface area contributed by atoms with E-state index in [4.69, 9.17) is 4.74 Å². The van der Waals surface area contributed by atoms with Crippen molar-refractivity contribution in [1.29, 1.82) is 0 Å². The minimum Gasteiger partial charge on any atom is -0.376 e. The molecule has 1 fully saturated rings. The van der Waals surface area contributed by atoms with E-state index in [1.165, 1.54) is 12.1 Å². The van der Waals surface area contributed by atoms with E-state index in [-0.39, 0.29) is 17.8 Å². The number of para-hydroxylation sites is 1. The van der Waals surface area contributed by atoms with Gasteiger partial charge in [0.2, 0.25) is 5.82 Å². The maximum absolute atomic E-state index is 13.7. The van der Waals surface area contributed by atoms with Gasteiger partial charge in [-0.05, 0) is 30.5 Å². The molecular formula is C17H17FN2O3. The summed E-state index contributed by atoms with van der Waals surface area (Å²) in [7, 11) is 0. The molecule has 0 amide bonds. The van der Waals surface area contributed by atoms with Gasteiger partial charge in [-0.2, -0.15) is 4.39 Å². The number of rotatable bonds is 4. The summed E-state index contributed by atoms with van der Waals surface area (Å²) < 4.78 is 19.5. The molecule has 0 saturated carbocycles. The van der Waals surface area contributed by atoms with Gasteiger partial charge in [0.25, 0.3) is 0 Å². The number of halogens is 1. The second-order valence-electron chi connectivity index (χ2n) is 5.53. The smallest absolute Gasteiger partial charge is 0.327 e. The first-order valence-electron chi connectivity index (χ1n) is 7.51. The van der Waals surface area contributed by atoms with Gasteiger partial charge in [0, 0.05) is 12.6 Å². The molecule has 1 N–H and O–H groups in total. The van der Waals surface area contributed by atoms with Crippen LogP contribution >= 0.6 is 0 Å². The van der Waals surface area contributed by atoms with Crippen LogP contribution in [0.5, 0.6) is 0 Å². The summed E-state index contributed by atoms with van der Waals surface area (Å²) >= 11 is 0. The van der Waals surface area contributed by atoms with Crippen LogP contribution in [-0.4, -0.2) is 17.6 Å². The van der Waals surface area contributed by atoms with E-state index in [9.17, 15) is 14.5 Å². The fourth-order valence-electron chi connectivity index (χ4n) is 2.87. The number of nitro groups is 1. The predicted molar refractivity (Wildman–Crippen MR) is 84.8 cm³/mol. The quantitative estimate of drug-likeness (QED) is 0.682. The Morgan fingerprint density at radius 3 is 2.70 bits per heavy atom. The first-order valence-corrected chi connectivity index (χ1v) is 7.51. The average molecular weight is 316 g/mol. The van der Waals surface area contributed by atoms with Gasteiger partial charge in [-0.3, -0.25) is 10.1 Å². The van der Waals surface area contributed by atoms with Crippen LogP contribution in [0.1, 0.15) is 24.5 Å². The summed E-state index contributed by atoms with van der Waals surface area (Å²) in [4.78, 5) is 10.4. The van der Waals surface area contributed by atoms with Crippen molar-refractivity contribution in [2.75, 3.05) is 11.9 Å². The van der Waals surface area contributed by atoms with Crippen LogP contribution in [0.2, 0.25) is 0 Å². The van der Waals surface area contributed by atoms with Crippen LogP contribution < -0.4 is 5.32 Å². The molecule has 1 saturated heterocycles. The van der Waals surface area contributed by atoms with E-state index in [0.29, 0.717) is 13.0 Å². The largest absolute Gasteiger partial charge is 0.376 e. The maximum Gasteiger partial charge on any atom is 0.327 e. The molecule has 23 heavy (non-hydrogen) atoms. The van der Waals surface area contributed by atoms with Gasteiger partial charge in [-0.1, -0.05) is 36.4 Å². The fourth-order valence-corrected chi connectivity index (χ4v) is 2.87. The van der Waals surface area contributed by atoms with Crippen molar-refractivity contribution in [3.05, 3.63) is 70.0 Å². The molecule has 1 aliphatic heterocycles. The molecule has 6 heteroatoms. The third-order valence-corrected chi connectivity index (χ3v) is 3.98. The zero-order valence-corrected chi connectivity index (χ0v) is 12.4. The van der Waals surface area contributed by atoms with Crippen molar-refractivity contribution >= 4 is 11.4 Å². The van der Waals surface area contributed by atoms with Gasteiger partial charge in [0.05, 0.1) is 11.0 Å². The molecule has 0 aliphatic carbocycles. The highest BCUT2D eigenvalue weighted by Gasteiger charge is 2.27. The van der Waals surface area contributed by atoms with Crippen molar-refractivity contribution in [2.45, 2.75) is 25.0 Å². The number of anilines is 1. The Morgan fingerprint density at radius 2 is 1.96 bits per heavy atom. The van der Waals surface area contributed by atoms with Gasteiger partial charge >= 0.3 is 5.69 Å². The van der Waals surface area contributed by atoms with E-state index < -0.39 is 16.4 Å². The molecule has 120 valence electrons. The molecular weight excluding hydrogens is 299 g/mol. The summed E-state index contributed by atoms with van der Waals surface area (Å²) in [6.45, 7) is 0.556. The van der Waals surface area contributed by atoms with E-state index in [2.05, 4.69) is 5.32 Å². The number of hydrogen-bond donors (Lipinski definition) is 1. The number of hydrogen-bond acceptors (Lipinski definition) is 4. The number of nitro benzene ring substituents is 1. The number of benzene rings is 2. The highest BCUT2D eigenvalue weighted by Crippen LogP contribution is 2.33. The lowest BCUT2D eigenvalue weighted by Gasteiger charge is -2.31. The molecule has 2 atom stereocenters. The third kappa shape index (κ3) is 3.48. The van der Waals surface area contributed by atoms with Crippen LogP contribution in [0.4, 0.5) is 15.8 Å². The lowest BCUT2D eigenvalue weighted by Crippen LogP contribution is -2.30. The maximum atomic E-state index is 13.7. The Bertz CT molecular complexity index is 693. The van der Waals surface area contributed by atoms with Gasteiger partial charge in [0.1, 0.15) is 5.69 Å². The number of ether oxygens (including phenoxy) is 1. The molecule has 2 aromatic rings. The van der Waals surface area contributed by atoms with Crippen LogP contribution in [-0.2, 0) is 4.74 Å². The van der Waals surface area contributed by atoms with Crippen molar-refractivity contribution in [1.82, 2.24) is 0 Å². The molecule has 0 spiro atoms. The van der Waals surface area contributed by atoms with Crippen LogP contribution in [0.3, 0.4) is 0 Å². The molecule has 0 aromatic heterocycles. The van der Waals surface area contributed by atoms with Crippen molar-refractivity contribution < 1.29 is 14.1 Å². The Morgan fingerprint density at radius 1 is 1.17 bits per heavy atom. The lowest BCUT2D eigenvalue weighted by molar-refractivity contribution is -0.386. The Hall–Kier alpha value is -2.47. The molecule has 1 heterocycles. The minimum absolute atomic E-state index is 0.00513. The summed E-state index contributed by atoms with van der Waals surface area (Å²) in [6.07, 6.45) is 1.34. The highest BCUT2D eigenvalue weighted by molar-refractivity contribution is 5.62. The van der Waals surface area contributed by atoms with Gasteiger partial charge in [-0.15, -0.1) is 0 Å². The summed E-state index contributed by atoms with van der Waals surface area (Å²) in [6, 6.07) is 13.9. The van der Waals surface area contributed by atoms with Crippen LogP contribution in [0, 0.1) is 15.9 Å². The van der Waals surface area contributed by atoms with Gasteiger partial charge < -0.3 is 10.1 Å². The van der Waals surface area contributed by atoms with Gasteiger partial charge in [-0.25, -0.2) is 0 Å². The third-order valence-electron chi connectivity index (χ3n) is 3.98. The Kier molecular flexibility index (Phi) is 4.52. The highest BCUT2D eigenvalue weighted by atomic mass is 19.1.